The lowest BCUT2D eigenvalue weighted by Gasteiger charge is -2.17. The van der Waals surface area contributed by atoms with Gasteiger partial charge in [-0.05, 0) is 29.4 Å². The van der Waals surface area contributed by atoms with E-state index in [0.717, 1.165) is 18.4 Å². The molecule has 130 valence electrons. The summed E-state index contributed by atoms with van der Waals surface area (Å²) in [6.07, 6.45) is 1.95. The number of hydrogen-bond acceptors (Lipinski definition) is 1. The second-order valence-corrected chi connectivity index (χ2v) is 6.96. The predicted octanol–water partition coefficient (Wildman–Crippen LogP) is 5.80. The van der Waals surface area contributed by atoms with Gasteiger partial charge in [-0.1, -0.05) is 45.0 Å². The summed E-state index contributed by atoms with van der Waals surface area (Å²) >= 11 is 0. The molecule has 0 aliphatic carbocycles. The van der Waals surface area contributed by atoms with Crippen LogP contribution in [0.1, 0.15) is 38.3 Å². The van der Waals surface area contributed by atoms with Gasteiger partial charge in [0.25, 0.3) is 0 Å². The second-order valence-electron chi connectivity index (χ2n) is 6.96. The fourth-order valence-electron chi connectivity index (χ4n) is 2.15. The van der Waals surface area contributed by atoms with E-state index >= 15 is 0 Å². The molecule has 0 saturated carbocycles. The first-order chi connectivity index (χ1) is 11.2. The van der Waals surface area contributed by atoms with Gasteiger partial charge in [-0.2, -0.15) is 8.78 Å². The van der Waals surface area contributed by atoms with Gasteiger partial charge >= 0.3 is 0 Å². The van der Waals surface area contributed by atoms with Crippen LogP contribution in [0, 0.1) is 28.7 Å². The summed E-state index contributed by atoms with van der Waals surface area (Å²) in [5.41, 5.74) is 2.03. The highest BCUT2D eigenvalue weighted by Gasteiger charge is 2.20. The molecule has 2 aromatic rings. The summed E-state index contributed by atoms with van der Waals surface area (Å²) in [4.78, 5) is 0. The van der Waals surface area contributed by atoms with Crippen LogP contribution in [0.25, 0.3) is 0 Å². The van der Waals surface area contributed by atoms with Crippen molar-refractivity contribution in [2.45, 2.75) is 40.2 Å². The van der Waals surface area contributed by atoms with Crippen LogP contribution in [0.15, 0.2) is 30.3 Å². The van der Waals surface area contributed by atoms with E-state index in [1.807, 2.05) is 12.1 Å². The standard InChI is InChI=1S/C19H20F4O/c1-19(2,3)9-8-12-4-6-13(7-5-12)11-24-18-16(22)14(20)10-15(21)17(18)23/h4-7,10H,8-9,11H2,1-3H3. The Morgan fingerprint density at radius 2 is 1.33 bits per heavy atom. The van der Waals surface area contributed by atoms with Crippen LogP contribution in [-0.4, -0.2) is 0 Å². The van der Waals surface area contributed by atoms with Crippen LogP contribution in [0.4, 0.5) is 17.6 Å². The minimum atomic E-state index is -1.53. The molecule has 0 aliphatic heterocycles. The maximum atomic E-state index is 13.5. The molecule has 24 heavy (non-hydrogen) atoms. The predicted molar refractivity (Wildman–Crippen MR) is 84.8 cm³/mol. The first kappa shape index (κ1) is 18.3. The van der Waals surface area contributed by atoms with Crippen LogP contribution in [-0.2, 0) is 13.0 Å². The maximum absolute atomic E-state index is 13.5. The van der Waals surface area contributed by atoms with Crippen LogP contribution in [0.5, 0.6) is 5.75 Å². The molecule has 0 bridgehead atoms. The monoisotopic (exact) mass is 340 g/mol. The van der Waals surface area contributed by atoms with Crippen molar-refractivity contribution >= 4 is 0 Å². The van der Waals surface area contributed by atoms with E-state index in [4.69, 9.17) is 4.74 Å². The fourth-order valence-corrected chi connectivity index (χ4v) is 2.15. The van der Waals surface area contributed by atoms with Crippen LogP contribution in [0.3, 0.4) is 0 Å². The maximum Gasteiger partial charge on any atom is 0.203 e. The van der Waals surface area contributed by atoms with Crippen LogP contribution in [0.2, 0.25) is 0 Å². The third kappa shape index (κ3) is 4.73. The Morgan fingerprint density at radius 1 is 0.833 bits per heavy atom. The molecule has 0 unspecified atom stereocenters. The molecule has 1 nitrogen and oxygen atoms in total. The Morgan fingerprint density at radius 3 is 1.83 bits per heavy atom. The van der Waals surface area contributed by atoms with Gasteiger partial charge in [0.05, 0.1) is 0 Å². The lowest BCUT2D eigenvalue weighted by atomic mass is 9.88. The zero-order valence-electron chi connectivity index (χ0n) is 13.9. The molecule has 2 aromatic carbocycles. The summed E-state index contributed by atoms with van der Waals surface area (Å²) in [7, 11) is 0. The van der Waals surface area contributed by atoms with Crippen LogP contribution < -0.4 is 4.74 Å². The van der Waals surface area contributed by atoms with Crippen molar-refractivity contribution in [3.8, 4) is 5.75 Å². The molecule has 0 radical (unpaired) electrons. The quantitative estimate of drug-likeness (QED) is 0.494. The Balaban J connectivity index is 2.03. The average molecular weight is 340 g/mol. The highest BCUT2D eigenvalue weighted by atomic mass is 19.2. The molecule has 2 rings (SSSR count). The summed E-state index contributed by atoms with van der Waals surface area (Å²) in [6.45, 7) is 6.31. The molecule has 0 fully saturated rings. The van der Waals surface area contributed by atoms with Crippen molar-refractivity contribution in [1.82, 2.24) is 0 Å². The van der Waals surface area contributed by atoms with Crippen molar-refractivity contribution in [3.63, 3.8) is 0 Å². The highest BCUT2D eigenvalue weighted by molar-refractivity contribution is 5.29. The SMILES string of the molecule is CC(C)(C)CCc1ccc(COc2c(F)c(F)cc(F)c2F)cc1. The zero-order valence-corrected chi connectivity index (χ0v) is 13.9. The molecule has 0 atom stereocenters. The molecule has 0 spiro atoms. The van der Waals surface area contributed by atoms with Gasteiger partial charge in [-0.25, -0.2) is 8.78 Å². The summed E-state index contributed by atoms with van der Waals surface area (Å²) in [5, 5.41) is 0. The number of rotatable bonds is 5. The number of halogens is 4. The minimum Gasteiger partial charge on any atom is -0.483 e. The molecular weight excluding hydrogens is 320 g/mol. The van der Waals surface area contributed by atoms with E-state index in [0.29, 0.717) is 5.56 Å². The molecule has 0 amide bonds. The molecular formula is C19H20F4O. The summed E-state index contributed by atoms with van der Waals surface area (Å²) < 4.78 is 58.2. The van der Waals surface area contributed by atoms with Gasteiger partial charge in [0.1, 0.15) is 6.61 Å². The Hall–Kier alpha value is -2.04. The lowest BCUT2D eigenvalue weighted by Crippen LogP contribution is -2.06. The van der Waals surface area contributed by atoms with Crippen molar-refractivity contribution in [1.29, 1.82) is 0 Å². The lowest BCUT2D eigenvalue weighted by molar-refractivity contribution is 0.261. The van der Waals surface area contributed by atoms with Gasteiger partial charge < -0.3 is 4.74 Å². The van der Waals surface area contributed by atoms with E-state index in [9.17, 15) is 17.6 Å². The molecule has 0 saturated heterocycles. The van der Waals surface area contributed by atoms with Gasteiger partial charge in [0.15, 0.2) is 17.4 Å². The molecule has 0 aliphatic rings. The van der Waals surface area contributed by atoms with Gasteiger partial charge in [0.2, 0.25) is 11.6 Å². The van der Waals surface area contributed by atoms with Gasteiger partial charge in [-0.15, -0.1) is 0 Å². The topological polar surface area (TPSA) is 9.23 Å². The third-order valence-electron chi connectivity index (χ3n) is 3.64. The smallest absolute Gasteiger partial charge is 0.203 e. The second kappa shape index (κ2) is 7.24. The minimum absolute atomic E-state index is 0.154. The molecule has 0 heterocycles. The molecule has 0 aromatic heterocycles. The third-order valence-corrected chi connectivity index (χ3v) is 3.64. The average Bonchev–Trinajstić information content (AvgIpc) is 2.51. The first-order valence-corrected chi connectivity index (χ1v) is 7.71. The van der Waals surface area contributed by atoms with E-state index < -0.39 is 29.0 Å². The normalized spacial score (nSPS) is 11.6. The van der Waals surface area contributed by atoms with E-state index in [1.54, 1.807) is 12.1 Å². The number of benzene rings is 2. The Bertz CT molecular complexity index is 677. The van der Waals surface area contributed by atoms with E-state index in [-0.39, 0.29) is 18.1 Å². The summed E-state index contributed by atoms with van der Waals surface area (Å²) in [5.74, 6) is -7.07. The van der Waals surface area contributed by atoms with Crippen molar-refractivity contribution < 1.29 is 22.3 Å². The van der Waals surface area contributed by atoms with Crippen LogP contribution >= 0.6 is 0 Å². The Kier molecular flexibility index (Phi) is 5.52. The fraction of sp³-hybridized carbons (Fsp3) is 0.368. The first-order valence-electron chi connectivity index (χ1n) is 7.71. The van der Waals surface area contributed by atoms with E-state index in [2.05, 4.69) is 20.8 Å². The summed E-state index contributed by atoms with van der Waals surface area (Å²) in [6, 6.07) is 7.50. The number of hydrogen-bond donors (Lipinski definition) is 0. The van der Waals surface area contributed by atoms with Crippen molar-refractivity contribution in [2.75, 3.05) is 0 Å². The van der Waals surface area contributed by atoms with Gasteiger partial charge in [-0.3, -0.25) is 0 Å². The number of ether oxygens (including phenoxy) is 1. The number of aryl methyl sites for hydroxylation is 1. The molecule has 0 N–H and O–H groups in total. The van der Waals surface area contributed by atoms with Crippen molar-refractivity contribution in [3.05, 3.63) is 64.7 Å². The van der Waals surface area contributed by atoms with Crippen molar-refractivity contribution in [2.24, 2.45) is 5.41 Å². The zero-order chi connectivity index (χ0) is 17.9. The van der Waals surface area contributed by atoms with Gasteiger partial charge in [0, 0.05) is 6.07 Å². The largest absolute Gasteiger partial charge is 0.483 e. The molecule has 5 heteroatoms. The van der Waals surface area contributed by atoms with E-state index in [1.165, 1.54) is 0 Å². The highest BCUT2D eigenvalue weighted by Crippen LogP contribution is 2.27. The Labute approximate surface area is 139 Å².